The van der Waals surface area contributed by atoms with Gasteiger partial charge in [0.1, 0.15) is 0 Å². The van der Waals surface area contributed by atoms with E-state index in [2.05, 4.69) is 31.3 Å². The van der Waals surface area contributed by atoms with E-state index in [-0.39, 0.29) is 18.3 Å². The third kappa shape index (κ3) is 5.00. The van der Waals surface area contributed by atoms with Gasteiger partial charge < -0.3 is 11.1 Å². The number of aryl methyl sites for hydroxylation is 1. The van der Waals surface area contributed by atoms with Crippen molar-refractivity contribution in [2.45, 2.75) is 26.7 Å². The van der Waals surface area contributed by atoms with Crippen LogP contribution in [0.4, 0.5) is 5.69 Å². The summed E-state index contributed by atoms with van der Waals surface area (Å²) in [6, 6.07) is 15.7. The van der Waals surface area contributed by atoms with Crippen molar-refractivity contribution < 1.29 is 4.79 Å². The third-order valence-corrected chi connectivity index (χ3v) is 4.02. The fourth-order valence-corrected chi connectivity index (χ4v) is 2.62. The summed E-state index contributed by atoms with van der Waals surface area (Å²) < 4.78 is 0. The lowest BCUT2D eigenvalue weighted by Crippen LogP contribution is -2.30. The van der Waals surface area contributed by atoms with Crippen molar-refractivity contribution in [3.05, 3.63) is 65.2 Å². The number of hydrogen-bond donors (Lipinski definition) is 2. The molecule has 3 nitrogen and oxygen atoms in total. The molecule has 1 unspecified atom stereocenters. The van der Waals surface area contributed by atoms with Crippen LogP contribution in [0.2, 0.25) is 0 Å². The van der Waals surface area contributed by atoms with Crippen LogP contribution >= 0.6 is 12.4 Å². The number of rotatable bonds is 5. The molecule has 0 radical (unpaired) electrons. The van der Waals surface area contributed by atoms with Gasteiger partial charge in [-0.05, 0) is 36.1 Å². The molecule has 0 fully saturated rings. The Balaban J connectivity index is 0.00000264. The molecule has 0 heterocycles. The number of nitrogen functional groups attached to an aromatic ring is 1. The Bertz CT molecular complexity index is 641. The number of benzene rings is 2. The van der Waals surface area contributed by atoms with E-state index < -0.39 is 0 Å². The van der Waals surface area contributed by atoms with Crippen LogP contribution in [0.15, 0.2) is 48.5 Å². The molecule has 23 heavy (non-hydrogen) atoms. The van der Waals surface area contributed by atoms with Gasteiger partial charge in [0.25, 0.3) is 5.91 Å². The van der Waals surface area contributed by atoms with E-state index >= 15 is 0 Å². The van der Waals surface area contributed by atoms with Crippen LogP contribution in [-0.4, -0.2) is 12.5 Å². The Kier molecular flexibility index (Phi) is 7.11. The zero-order valence-electron chi connectivity index (χ0n) is 13.9. The molecule has 0 aliphatic carbocycles. The molecule has 0 saturated heterocycles. The van der Waals surface area contributed by atoms with Crippen molar-refractivity contribution in [1.82, 2.24) is 5.32 Å². The molecule has 3 N–H and O–H groups in total. The van der Waals surface area contributed by atoms with Gasteiger partial charge in [-0.2, -0.15) is 0 Å². The number of hydrogen-bond acceptors (Lipinski definition) is 2. The number of carbonyl (C=O) groups excluding carboxylic acids is 1. The van der Waals surface area contributed by atoms with Gasteiger partial charge in [-0.25, -0.2) is 0 Å². The van der Waals surface area contributed by atoms with Gasteiger partial charge in [0.2, 0.25) is 0 Å². The fraction of sp³-hybridized carbons (Fsp3) is 0.316. The molecule has 0 bridgehead atoms. The molecular weight excluding hydrogens is 308 g/mol. The fourth-order valence-electron chi connectivity index (χ4n) is 2.62. The second kappa shape index (κ2) is 8.59. The highest BCUT2D eigenvalue weighted by molar-refractivity contribution is 5.96. The molecular formula is C19H25ClN2O. The Hall–Kier alpha value is -2.00. The second-order valence-corrected chi connectivity index (χ2v) is 6.05. The molecule has 1 atom stereocenters. The lowest BCUT2D eigenvalue weighted by Gasteiger charge is -2.22. The minimum atomic E-state index is -0.0635. The highest BCUT2D eigenvalue weighted by atomic mass is 35.5. The lowest BCUT2D eigenvalue weighted by atomic mass is 9.88. The number of anilines is 1. The normalized spacial score (nSPS) is 11.7. The maximum absolute atomic E-state index is 12.4. The molecule has 0 aliphatic heterocycles. The summed E-state index contributed by atoms with van der Waals surface area (Å²) in [6.07, 6.45) is 0. The van der Waals surface area contributed by atoms with E-state index in [1.54, 1.807) is 6.07 Å². The van der Waals surface area contributed by atoms with E-state index in [0.717, 1.165) is 5.56 Å². The van der Waals surface area contributed by atoms with Crippen LogP contribution in [0.5, 0.6) is 0 Å². The predicted molar refractivity (Wildman–Crippen MR) is 99.2 cm³/mol. The highest BCUT2D eigenvalue weighted by Crippen LogP contribution is 2.23. The van der Waals surface area contributed by atoms with Crippen LogP contribution in [0, 0.1) is 12.8 Å². The van der Waals surface area contributed by atoms with Crippen LogP contribution in [-0.2, 0) is 0 Å². The van der Waals surface area contributed by atoms with Gasteiger partial charge in [0, 0.05) is 23.7 Å². The standard InChI is InChI=1S/C19H24N2O.ClH/c1-13(2)18(15-7-5-4-6-8-15)12-21-19(22)17-11-16(20)10-9-14(17)3;/h4-11,13,18H,12,20H2,1-3H3,(H,21,22);1H. The molecule has 2 aromatic rings. The zero-order chi connectivity index (χ0) is 16.1. The molecule has 0 aliphatic rings. The van der Waals surface area contributed by atoms with E-state index in [4.69, 9.17) is 5.73 Å². The first-order valence-electron chi connectivity index (χ1n) is 7.68. The SMILES string of the molecule is Cc1ccc(N)cc1C(=O)NCC(c1ccccc1)C(C)C.Cl. The van der Waals surface area contributed by atoms with Crippen molar-refractivity contribution in [2.75, 3.05) is 12.3 Å². The van der Waals surface area contributed by atoms with Crippen molar-refractivity contribution in [1.29, 1.82) is 0 Å². The summed E-state index contributed by atoms with van der Waals surface area (Å²) in [4.78, 5) is 12.4. The number of carbonyl (C=O) groups is 1. The first-order valence-corrected chi connectivity index (χ1v) is 7.68. The topological polar surface area (TPSA) is 55.1 Å². The minimum Gasteiger partial charge on any atom is -0.399 e. The first-order chi connectivity index (χ1) is 10.5. The van der Waals surface area contributed by atoms with Gasteiger partial charge in [-0.3, -0.25) is 4.79 Å². The van der Waals surface area contributed by atoms with Crippen LogP contribution in [0.1, 0.15) is 41.3 Å². The van der Waals surface area contributed by atoms with Gasteiger partial charge in [0.15, 0.2) is 0 Å². The molecule has 1 amide bonds. The highest BCUT2D eigenvalue weighted by Gasteiger charge is 2.17. The predicted octanol–water partition coefficient (Wildman–Crippen LogP) is 4.17. The summed E-state index contributed by atoms with van der Waals surface area (Å²) in [6.45, 7) is 6.89. The Morgan fingerprint density at radius 2 is 1.78 bits per heavy atom. The quantitative estimate of drug-likeness (QED) is 0.807. The van der Waals surface area contributed by atoms with E-state index in [1.165, 1.54) is 5.56 Å². The van der Waals surface area contributed by atoms with Crippen molar-refractivity contribution in [3.63, 3.8) is 0 Å². The molecule has 4 heteroatoms. The van der Waals surface area contributed by atoms with Crippen molar-refractivity contribution >= 4 is 24.0 Å². The smallest absolute Gasteiger partial charge is 0.251 e. The third-order valence-electron chi connectivity index (χ3n) is 4.02. The van der Waals surface area contributed by atoms with E-state index in [1.807, 2.05) is 37.3 Å². The summed E-state index contributed by atoms with van der Waals surface area (Å²) >= 11 is 0. The van der Waals surface area contributed by atoms with Crippen LogP contribution < -0.4 is 11.1 Å². The summed E-state index contributed by atoms with van der Waals surface area (Å²) in [5, 5.41) is 3.05. The average molecular weight is 333 g/mol. The molecule has 124 valence electrons. The number of halogens is 1. The molecule has 0 spiro atoms. The second-order valence-electron chi connectivity index (χ2n) is 6.05. The zero-order valence-corrected chi connectivity index (χ0v) is 14.7. The molecule has 2 aromatic carbocycles. The van der Waals surface area contributed by atoms with Gasteiger partial charge >= 0.3 is 0 Å². The van der Waals surface area contributed by atoms with Crippen LogP contribution in [0.3, 0.4) is 0 Å². The lowest BCUT2D eigenvalue weighted by molar-refractivity contribution is 0.0948. The number of nitrogens with one attached hydrogen (secondary N) is 1. The van der Waals surface area contributed by atoms with Crippen molar-refractivity contribution in [2.24, 2.45) is 5.92 Å². The maximum atomic E-state index is 12.4. The monoisotopic (exact) mass is 332 g/mol. The summed E-state index contributed by atoms with van der Waals surface area (Å²) in [5.74, 6) is 0.683. The van der Waals surface area contributed by atoms with E-state index in [0.29, 0.717) is 29.6 Å². The Morgan fingerprint density at radius 3 is 2.39 bits per heavy atom. The largest absolute Gasteiger partial charge is 0.399 e. The van der Waals surface area contributed by atoms with Gasteiger partial charge in [-0.1, -0.05) is 50.2 Å². The maximum Gasteiger partial charge on any atom is 0.251 e. The number of nitrogens with two attached hydrogens (primary N) is 1. The Morgan fingerprint density at radius 1 is 1.13 bits per heavy atom. The first kappa shape index (κ1) is 19.0. The average Bonchev–Trinajstić information content (AvgIpc) is 2.50. The van der Waals surface area contributed by atoms with E-state index in [9.17, 15) is 4.79 Å². The molecule has 2 rings (SSSR count). The molecule has 0 saturated carbocycles. The van der Waals surface area contributed by atoms with Crippen LogP contribution in [0.25, 0.3) is 0 Å². The molecule has 0 aromatic heterocycles. The Labute approximate surface area is 144 Å². The van der Waals surface area contributed by atoms with Crippen molar-refractivity contribution in [3.8, 4) is 0 Å². The summed E-state index contributed by atoms with van der Waals surface area (Å²) in [7, 11) is 0. The summed E-state index contributed by atoms with van der Waals surface area (Å²) in [5.41, 5.74) is 9.23. The number of amides is 1. The van der Waals surface area contributed by atoms with Gasteiger partial charge in [-0.15, -0.1) is 12.4 Å². The minimum absolute atomic E-state index is 0. The van der Waals surface area contributed by atoms with Gasteiger partial charge in [0.05, 0.1) is 0 Å².